The number of aromatic nitrogens is 2. The molecule has 0 fully saturated rings. The number of aryl methyl sites for hydroxylation is 1. The molecule has 0 atom stereocenters. The Balaban J connectivity index is 2.02. The summed E-state index contributed by atoms with van der Waals surface area (Å²) in [5.41, 5.74) is 2.03. The fourth-order valence-electron chi connectivity index (χ4n) is 3.00. The van der Waals surface area contributed by atoms with Crippen LogP contribution >= 0.6 is 0 Å². The second-order valence-electron chi connectivity index (χ2n) is 6.65. The van der Waals surface area contributed by atoms with Crippen molar-refractivity contribution in [2.75, 3.05) is 11.8 Å². The van der Waals surface area contributed by atoms with Gasteiger partial charge < -0.3 is 9.47 Å². The first kappa shape index (κ1) is 22.0. The van der Waals surface area contributed by atoms with Crippen LogP contribution in [0.1, 0.15) is 28.7 Å². The number of carbonyl (C=O) groups is 2. The topological polar surface area (TPSA) is 117 Å². The zero-order valence-corrected chi connectivity index (χ0v) is 18.2. The summed E-state index contributed by atoms with van der Waals surface area (Å²) in [6, 6.07) is 13.0. The third-order valence-corrected chi connectivity index (χ3v) is 5.82. The molecule has 2 aromatic carbocycles. The van der Waals surface area contributed by atoms with Crippen LogP contribution in [0.5, 0.6) is 5.75 Å². The summed E-state index contributed by atoms with van der Waals surface area (Å²) in [6.45, 7) is 4.50. The summed E-state index contributed by atoms with van der Waals surface area (Å²) >= 11 is 0. The standard InChI is InChI=1S/C21H21N3O6S/c1-13-20(14(2)24(22-13)17-8-6-5-7-9-17)23-31(27,28)19-12-16(10-11-18(19)29-4)21(26)30-15(3)25/h5-12,23H,1-4H3. The lowest BCUT2D eigenvalue weighted by Crippen LogP contribution is -2.17. The van der Waals surface area contributed by atoms with Crippen LogP contribution in [0, 0.1) is 13.8 Å². The van der Waals surface area contributed by atoms with E-state index in [0.717, 1.165) is 18.7 Å². The highest BCUT2D eigenvalue weighted by molar-refractivity contribution is 7.92. The van der Waals surface area contributed by atoms with E-state index in [2.05, 4.69) is 14.6 Å². The molecule has 0 unspecified atom stereocenters. The fourth-order valence-corrected chi connectivity index (χ4v) is 4.38. The van der Waals surface area contributed by atoms with E-state index in [1.165, 1.54) is 19.2 Å². The molecule has 0 spiro atoms. The molecule has 1 aromatic heterocycles. The van der Waals surface area contributed by atoms with Crippen LogP contribution in [0.15, 0.2) is 53.4 Å². The van der Waals surface area contributed by atoms with Crippen LogP contribution < -0.4 is 9.46 Å². The lowest BCUT2D eigenvalue weighted by molar-refractivity contribution is -0.135. The normalized spacial score (nSPS) is 11.1. The van der Waals surface area contributed by atoms with Gasteiger partial charge in [-0.1, -0.05) is 18.2 Å². The number of sulfonamides is 1. The zero-order valence-electron chi connectivity index (χ0n) is 17.4. The molecule has 1 N–H and O–H groups in total. The Labute approximate surface area is 179 Å². The fraction of sp³-hybridized carbons (Fsp3) is 0.190. The summed E-state index contributed by atoms with van der Waals surface area (Å²) in [4.78, 5) is 22.8. The largest absolute Gasteiger partial charge is 0.495 e. The van der Waals surface area contributed by atoms with Gasteiger partial charge in [0.2, 0.25) is 0 Å². The van der Waals surface area contributed by atoms with Crippen molar-refractivity contribution in [1.82, 2.24) is 9.78 Å². The van der Waals surface area contributed by atoms with Gasteiger partial charge >= 0.3 is 11.9 Å². The number of para-hydroxylation sites is 1. The molecule has 0 saturated carbocycles. The Bertz CT molecular complexity index is 1250. The lowest BCUT2D eigenvalue weighted by Gasteiger charge is -2.13. The minimum absolute atomic E-state index is 0.0256. The molecular weight excluding hydrogens is 422 g/mol. The van der Waals surface area contributed by atoms with Crippen molar-refractivity contribution < 1.29 is 27.5 Å². The molecule has 1 heterocycles. The minimum atomic E-state index is -4.18. The second kappa shape index (κ2) is 8.60. The molecule has 3 rings (SSSR count). The first-order valence-electron chi connectivity index (χ1n) is 9.19. The number of nitrogens with zero attached hydrogens (tertiary/aromatic N) is 2. The van der Waals surface area contributed by atoms with Gasteiger partial charge in [-0.15, -0.1) is 0 Å². The number of hydrogen-bond acceptors (Lipinski definition) is 7. The molecule has 31 heavy (non-hydrogen) atoms. The van der Waals surface area contributed by atoms with Crippen LogP contribution in [0.25, 0.3) is 5.69 Å². The number of anilines is 1. The number of esters is 2. The van der Waals surface area contributed by atoms with Crippen molar-refractivity contribution in [3.63, 3.8) is 0 Å². The molecule has 0 aliphatic rings. The van der Waals surface area contributed by atoms with E-state index < -0.39 is 22.0 Å². The predicted octanol–water partition coefficient (Wildman–Crippen LogP) is 3.00. The number of benzene rings is 2. The van der Waals surface area contributed by atoms with Crippen molar-refractivity contribution in [2.24, 2.45) is 0 Å². The Hall–Kier alpha value is -3.66. The van der Waals surface area contributed by atoms with E-state index in [4.69, 9.17) is 4.74 Å². The highest BCUT2D eigenvalue weighted by Crippen LogP contribution is 2.30. The predicted molar refractivity (Wildman–Crippen MR) is 113 cm³/mol. The quantitative estimate of drug-likeness (QED) is 0.460. The number of rotatable bonds is 6. The summed E-state index contributed by atoms with van der Waals surface area (Å²) in [7, 11) is -2.86. The lowest BCUT2D eigenvalue weighted by atomic mass is 10.2. The van der Waals surface area contributed by atoms with E-state index in [-0.39, 0.29) is 16.2 Å². The Morgan fingerprint density at radius 2 is 1.74 bits per heavy atom. The first-order chi connectivity index (χ1) is 14.6. The number of hydrogen-bond donors (Lipinski definition) is 1. The van der Waals surface area contributed by atoms with Gasteiger partial charge in [0, 0.05) is 6.92 Å². The monoisotopic (exact) mass is 443 g/mol. The average Bonchev–Trinajstić information content (AvgIpc) is 3.01. The highest BCUT2D eigenvalue weighted by Gasteiger charge is 2.25. The molecule has 0 aliphatic carbocycles. The molecule has 9 nitrogen and oxygen atoms in total. The molecule has 3 aromatic rings. The SMILES string of the molecule is COc1ccc(C(=O)OC(C)=O)cc1S(=O)(=O)Nc1c(C)nn(-c2ccccc2)c1C. The van der Waals surface area contributed by atoms with Crippen molar-refractivity contribution in [3.05, 3.63) is 65.5 Å². The summed E-state index contributed by atoms with van der Waals surface area (Å²) in [5, 5.41) is 4.43. The van der Waals surface area contributed by atoms with E-state index in [1.807, 2.05) is 30.3 Å². The van der Waals surface area contributed by atoms with Gasteiger partial charge in [-0.3, -0.25) is 9.52 Å². The molecule has 0 bridgehead atoms. The summed E-state index contributed by atoms with van der Waals surface area (Å²) < 4.78 is 40.2. The van der Waals surface area contributed by atoms with Crippen LogP contribution in [0.4, 0.5) is 5.69 Å². The van der Waals surface area contributed by atoms with E-state index in [0.29, 0.717) is 17.1 Å². The van der Waals surface area contributed by atoms with Crippen molar-refractivity contribution >= 4 is 27.6 Å². The van der Waals surface area contributed by atoms with Gasteiger partial charge in [-0.2, -0.15) is 5.10 Å². The van der Waals surface area contributed by atoms with Gasteiger partial charge in [0.1, 0.15) is 10.6 Å². The van der Waals surface area contributed by atoms with E-state index in [1.54, 1.807) is 18.5 Å². The van der Waals surface area contributed by atoms with Gasteiger partial charge in [0.15, 0.2) is 0 Å². The van der Waals surface area contributed by atoms with Gasteiger partial charge in [-0.05, 0) is 44.2 Å². The maximum absolute atomic E-state index is 13.2. The van der Waals surface area contributed by atoms with E-state index in [9.17, 15) is 18.0 Å². The van der Waals surface area contributed by atoms with E-state index >= 15 is 0 Å². The smallest absolute Gasteiger partial charge is 0.345 e. The van der Waals surface area contributed by atoms with Gasteiger partial charge in [-0.25, -0.2) is 17.9 Å². The third-order valence-electron chi connectivity index (χ3n) is 4.45. The maximum atomic E-state index is 13.2. The molecule has 162 valence electrons. The van der Waals surface area contributed by atoms with Crippen molar-refractivity contribution in [2.45, 2.75) is 25.7 Å². The average molecular weight is 443 g/mol. The third kappa shape index (κ3) is 4.58. The number of ether oxygens (including phenoxy) is 2. The number of nitrogens with one attached hydrogen (secondary N) is 1. The van der Waals surface area contributed by atoms with Crippen LogP contribution in [-0.4, -0.2) is 37.2 Å². The molecule has 0 amide bonds. The Kier molecular flexibility index (Phi) is 6.11. The molecule has 0 aliphatic heterocycles. The second-order valence-corrected chi connectivity index (χ2v) is 8.30. The first-order valence-corrected chi connectivity index (χ1v) is 10.7. The Morgan fingerprint density at radius 3 is 2.35 bits per heavy atom. The van der Waals surface area contributed by atoms with Gasteiger partial charge in [0.25, 0.3) is 10.0 Å². The van der Waals surface area contributed by atoms with Crippen LogP contribution in [0.3, 0.4) is 0 Å². The highest BCUT2D eigenvalue weighted by atomic mass is 32.2. The zero-order chi connectivity index (χ0) is 22.8. The number of carbonyl (C=O) groups excluding carboxylic acids is 2. The summed E-state index contributed by atoms with van der Waals surface area (Å²) in [5.74, 6) is -1.74. The van der Waals surface area contributed by atoms with Crippen molar-refractivity contribution in [3.8, 4) is 11.4 Å². The molecule has 0 saturated heterocycles. The van der Waals surface area contributed by atoms with Crippen LogP contribution in [-0.2, 0) is 19.6 Å². The van der Waals surface area contributed by atoms with Crippen LogP contribution in [0.2, 0.25) is 0 Å². The van der Waals surface area contributed by atoms with Gasteiger partial charge in [0.05, 0.1) is 35.4 Å². The molecule has 0 radical (unpaired) electrons. The maximum Gasteiger partial charge on any atom is 0.345 e. The Morgan fingerprint density at radius 1 is 1.06 bits per heavy atom. The van der Waals surface area contributed by atoms with Crippen molar-refractivity contribution in [1.29, 1.82) is 0 Å². The molecular formula is C21H21N3O6S. The number of methoxy groups -OCH3 is 1. The molecule has 10 heteroatoms. The summed E-state index contributed by atoms with van der Waals surface area (Å²) in [6.07, 6.45) is 0. The minimum Gasteiger partial charge on any atom is -0.495 e.